The average molecular weight is 362 g/mol. The van der Waals surface area contributed by atoms with E-state index >= 15 is 0 Å². The molecule has 0 saturated carbocycles. The van der Waals surface area contributed by atoms with E-state index in [0.29, 0.717) is 28.8 Å². The molecule has 0 radical (unpaired) electrons. The second-order valence-electron chi connectivity index (χ2n) is 6.15. The van der Waals surface area contributed by atoms with Gasteiger partial charge in [0.1, 0.15) is 11.8 Å². The normalized spacial score (nSPS) is 15.9. The van der Waals surface area contributed by atoms with Crippen molar-refractivity contribution in [2.75, 3.05) is 12.4 Å². The molecule has 136 valence electrons. The van der Waals surface area contributed by atoms with Gasteiger partial charge in [0.25, 0.3) is 0 Å². The van der Waals surface area contributed by atoms with Crippen LogP contribution in [0.2, 0.25) is 0 Å². The molecule has 0 aliphatic carbocycles. The topological polar surface area (TPSA) is 108 Å². The van der Waals surface area contributed by atoms with Crippen LogP contribution in [0.25, 0.3) is 11.4 Å². The number of nitrogens with two attached hydrogens (primary N) is 1. The van der Waals surface area contributed by atoms with Gasteiger partial charge in [-0.05, 0) is 30.7 Å². The lowest BCUT2D eigenvalue weighted by Crippen LogP contribution is -2.31. The molecule has 0 unspecified atom stereocenters. The number of carbonyl (C=O) groups excluding carboxylic acids is 1. The van der Waals surface area contributed by atoms with Crippen LogP contribution >= 0.6 is 0 Å². The Morgan fingerprint density at radius 1 is 1.30 bits per heavy atom. The van der Waals surface area contributed by atoms with Gasteiger partial charge in [0.05, 0.1) is 12.7 Å². The number of pyridine rings is 1. The number of hydrogen-bond donors (Lipinski definition) is 2. The Morgan fingerprint density at radius 2 is 2.15 bits per heavy atom. The third kappa shape index (κ3) is 2.91. The molecule has 1 aliphatic rings. The van der Waals surface area contributed by atoms with Crippen molar-refractivity contribution in [1.82, 2.24) is 19.7 Å². The number of methoxy groups -OCH3 is 1. The zero-order valence-electron chi connectivity index (χ0n) is 14.9. The molecule has 4 rings (SSSR count). The number of aromatic nitrogens is 4. The predicted molar refractivity (Wildman–Crippen MR) is 99.9 cm³/mol. The first-order chi connectivity index (χ1) is 13.1. The number of carbonyl (C=O) groups is 1. The van der Waals surface area contributed by atoms with Crippen LogP contribution in [0.3, 0.4) is 0 Å². The van der Waals surface area contributed by atoms with E-state index in [9.17, 15) is 4.79 Å². The number of fused-ring (bicyclic) bond motifs is 1. The number of hydrogen-bond acceptors (Lipinski definition) is 6. The highest BCUT2D eigenvalue weighted by atomic mass is 16.5. The summed E-state index contributed by atoms with van der Waals surface area (Å²) in [7, 11) is 1.61. The van der Waals surface area contributed by atoms with Crippen LogP contribution in [-0.2, 0) is 4.79 Å². The minimum Gasteiger partial charge on any atom is -0.497 e. The molecule has 8 heteroatoms. The van der Waals surface area contributed by atoms with Crippen LogP contribution in [0, 0.1) is 0 Å². The maximum Gasteiger partial charge on any atom is 0.248 e. The molecule has 1 aliphatic heterocycles. The first-order valence-corrected chi connectivity index (χ1v) is 8.37. The van der Waals surface area contributed by atoms with Gasteiger partial charge in [-0.25, -0.2) is 4.68 Å². The van der Waals surface area contributed by atoms with Crippen molar-refractivity contribution < 1.29 is 9.53 Å². The average Bonchev–Trinajstić information content (AvgIpc) is 3.11. The van der Waals surface area contributed by atoms with Gasteiger partial charge in [-0.1, -0.05) is 18.2 Å². The number of anilines is 1. The smallest absolute Gasteiger partial charge is 0.248 e. The number of ether oxygens (including phenoxy) is 1. The summed E-state index contributed by atoms with van der Waals surface area (Å²) in [5, 5.41) is 7.77. The minimum atomic E-state index is -0.516. The number of allylic oxidation sites excluding steroid dienone is 1. The second kappa shape index (κ2) is 6.56. The summed E-state index contributed by atoms with van der Waals surface area (Å²) < 4.78 is 6.94. The molecule has 1 amide bonds. The van der Waals surface area contributed by atoms with Crippen LogP contribution in [0.15, 0.2) is 60.1 Å². The van der Waals surface area contributed by atoms with Crippen molar-refractivity contribution in [2.45, 2.75) is 13.0 Å². The van der Waals surface area contributed by atoms with Gasteiger partial charge in [-0.3, -0.25) is 9.78 Å². The maximum atomic E-state index is 12.1. The number of amides is 1. The molecule has 0 saturated heterocycles. The van der Waals surface area contributed by atoms with E-state index in [4.69, 9.17) is 10.5 Å². The zero-order valence-corrected chi connectivity index (χ0v) is 14.9. The van der Waals surface area contributed by atoms with Crippen molar-refractivity contribution in [1.29, 1.82) is 0 Å². The first-order valence-electron chi connectivity index (χ1n) is 8.37. The second-order valence-corrected chi connectivity index (χ2v) is 6.15. The molecule has 1 atom stereocenters. The zero-order chi connectivity index (χ0) is 19.0. The maximum absolute atomic E-state index is 12.1. The molecule has 0 bridgehead atoms. The van der Waals surface area contributed by atoms with Crippen LogP contribution in [-0.4, -0.2) is 32.8 Å². The van der Waals surface area contributed by atoms with E-state index in [1.165, 1.54) is 0 Å². The van der Waals surface area contributed by atoms with Crippen molar-refractivity contribution in [3.05, 3.63) is 65.6 Å². The van der Waals surface area contributed by atoms with Gasteiger partial charge in [-0.2, -0.15) is 4.98 Å². The van der Waals surface area contributed by atoms with Gasteiger partial charge >= 0.3 is 0 Å². The van der Waals surface area contributed by atoms with Gasteiger partial charge in [0.2, 0.25) is 11.9 Å². The first kappa shape index (κ1) is 16.8. The summed E-state index contributed by atoms with van der Waals surface area (Å²) in [5.74, 6) is 1.25. The van der Waals surface area contributed by atoms with E-state index in [-0.39, 0.29) is 0 Å². The Balaban J connectivity index is 1.86. The van der Waals surface area contributed by atoms with Crippen LogP contribution in [0.5, 0.6) is 5.75 Å². The molecule has 1 aromatic carbocycles. The number of nitrogens with one attached hydrogen (secondary N) is 1. The minimum absolute atomic E-state index is 0.428. The van der Waals surface area contributed by atoms with E-state index in [1.54, 1.807) is 31.1 Å². The van der Waals surface area contributed by atoms with E-state index in [0.717, 1.165) is 11.1 Å². The number of nitrogens with zero attached hydrogens (tertiary/aromatic N) is 4. The fraction of sp³-hybridized carbons (Fsp3) is 0.158. The van der Waals surface area contributed by atoms with Gasteiger partial charge in [0, 0.05) is 23.7 Å². The summed E-state index contributed by atoms with van der Waals surface area (Å²) >= 11 is 0. The predicted octanol–water partition coefficient (Wildman–Crippen LogP) is 2.12. The van der Waals surface area contributed by atoms with Crippen molar-refractivity contribution >= 4 is 11.9 Å². The van der Waals surface area contributed by atoms with Crippen LogP contribution in [0.4, 0.5) is 5.95 Å². The summed E-state index contributed by atoms with van der Waals surface area (Å²) in [5.41, 5.74) is 8.35. The Labute approximate surface area is 155 Å². The molecule has 0 spiro atoms. The Bertz CT molecular complexity index is 1040. The molecule has 3 N–H and O–H groups in total. The number of primary amides is 1. The lowest BCUT2D eigenvalue weighted by atomic mass is 9.97. The molecule has 3 aromatic rings. The lowest BCUT2D eigenvalue weighted by Gasteiger charge is -2.27. The molecule has 0 fully saturated rings. The molecule has 8 nitrogen and oxygen atoms in total. The summed E-state index contributed by atoms with van der Waals surface area (Å²) in [6, 6.07) is 10.7. The third-order valence-electron chi connectivity index (χ3n) is 4.45. The molecular weight excluding hydrogens is 344 g/mol. The third-order valence-corrected chi connectivity index (χ3v) is 4.45. The fourth-order valence-electron chi connectivity index (χ4n) is 3.20. The monoisotopic (exact) mass is 362 g/mol. The fourth-order valence-corrected chi connectivity index (χ4v) is 3.20. The Hall–Kier alpha value is -3.68. The van der Waals surface area contributed by atoms with Gasteiger partial charge < -0.3 is 15.8 Å². The largest absolute Gasteiger partial charge is 0.497 e. The number of rotatable bonds is 4. The lowest BCUT2D eigenvalue weighted by molar-refractivity contribution is -0.115. The standard InChI is InChI=1S/C19H18N6O2/c1-11-15(17(20)26)16(13-6-4-8-21-10-13)25-19(22-11)23-18(24-25)12-5-3-7-14(9-12)27-2/h3-10,16H,1-2H3,(H2,20,26)(H,22,23,24)/t16-/m1/s1. The Kier molecular flexibility index (Phi) is 4.08. The van der Waals surface area contributed by atoms with Crippen molar-refractivity contribution in [3.8, 4) is 17.1 Å². The van der Waals surface area contributed by atoms with Gasteiger partial charge in [-0.15, -0.1) is 5.10 Å². The van der Waals surface area contributed by atoms with Crippen molar-refractivity contribution in [3.63, 3.8) is 0 Å². The van der Waals surface area contributed by atoms with E-state index in [2.05, 4.69) is 20.4 Å². The summed E-state index contributed by atoms with van der Waals surface area (Å²) in [4.78, 5) is 20.9. The molecule has 27 heavy (non-hydrogen) atoms. The van der Waals surface area contributed by atoms with E-state index < -0.39 is 11.9 Å². The quantitative estimate of drug-likeness (QED) is 0.736. The van der Waals surface area contributed by atoms with Crippen LogP contribution < -0.4 is 15.8 Å². The molecular formula is C19H18N6O2. The highest BCUT2D eigenvalue weighted by molar-refractivity contribution is 5.95. The van der Waals surface area contributed by atoms with Crippen molar-refractivity contribution in [2.24, 2.45) is 5.73 Å². The van der Waals surface area contributed by atoms with E-state index in [1.807, 2.05) is 36.4 Å². The molecule has 2 aromatic heterocycles. The SMILES string of the molecule is COc1cccc(-c2nc3n(n2)[C@H](c2cccnc2)C(C(N)=O)=C(C)N3)c1. The number of benzene rings is 1. The Morgan fingerprint density at radius 3 is 2.85 bits per heavy atom. The molecule has 3 heterocycles. The summed E-state index contributed by atoms with van der Waals surface area (Å²) in [6.45, 7) is 1.80. The highest BCUT2D eigenvalue weighted by Crippen LogP contribution is 2.35. The summed E-state index contributed by atoms with van der Waals surface area (Å²) in [6.07, 6.45) is 3.37. The highest BCUT2D eigenvalue weighted by Gasteiger charge is 2.33. The van der Waals surface area contributed by atoms with Crippen LogP contribution in [0.1, 0.15) is 18.5 Å². The van der Waals surface area contributed by atoms with Gasteiger partial charge in [0.15, 0.2) is 5.82 Å².